The molecule has 0 radical (unpaired) electrons. The van der Waals surface area contributed by atoms with E-state index in [1.54, 1.807) is 0 Å². The number of rotatable bonds is 8. The molecule has 2 aromatic carbocycles. The highest BCUT2D eigenvalue weighted by atomic mass is 16.5. The highest BCUT2D eigenvalue weighted by Crippen LogP contribution is 2.25. The maximum Gasteiger partial charge on any atom is 0.308 e. The molecule has 0 aromatic heterocycles. The van der Waals surface area contributed by atoms with Crippen LogP contribution < -0.4 is 14.8 Å². The van der Waals surface area contributed by atoms with Gasteiger partial charge in [-0.05, 0) is 81.4 Å². The first kappa shape index (κ1) is 21.6. The van der Waals surface area contributed by atoms with Crippen molar-refractivity contribution >= 4 is 17.6 Å². The van der Waals surface area contributed by atoms with E-state index in [4.69, 9.17) is 14.2 Å². The van der Waals surface area contributed by atoms with E-state index in [2.05, 4.69) is 10.2 Å². The molecule has 1 fully saturated rings. The molecule has 7 heteroatoms. The smallest absolute Gasteiger partial charge is 0.308 e. The lowest BCUT2D eigenvalue weighted by molar-refractivity contribution is -0.147. The lowest BCUT2D eigenvalue weighted by atomic mass is 9.97. The molecule has 0 aliphatic carbocycles. The fourth-order valence-electron chi connectivity index (χ4n) is 3.41. The molecule has 2 aromatic rings. The molecule has 3 rings (SSSR count). The van der Waals surface area contributed by atoms with Crippen LogP contribution in [0, 0.1) is 5.92 Å². The van der Waals surface area contributed by atoms with Crippen LogP contribution in [-0.4, -0.2) is 50.1 Å². The Morgan fingerprint density at radius 2 is 1.53 bits per heavy atom. The number of hydrogen-bond acceptors (Lipinski definition) is 6. The molecule has 0 spiro atoms. The minimum atomic E-state index is -0.161. The van der Waals surface area contributed by atoms with Crippen LogP contribution in [0.25, 0.3) is 0 Å². The number of carbonyl (C=O) groups is 2. The van der Waals surface area contributed by atoms with Crippen LogP contribution in [0.1, 0.15) is 19.8 Å². The summed E-state index contributed by atoms with van der Waals surface area (Å²) in [5, 5.41) is 2.90. The summed E-state index contributed by atoms with van der Waals surface area (Å²) in [6.45, 7) is 4.29. The van der Waals surface area contributed by atoms with Crippen LogP contribution >= 0.6 is 0 Å². The third kappa shape index (κ3) is 6.22. The van der Waals surface area contributed by atoms with Crippen LogP contribution in [0.4, 0.5) is 5.69 Å². The van der Waals surface area contributed by atoms with Gasteiger partial charge in [0, 0.05) is 5.69 Å². The minimum absolute atomic E-state index is 0.0581. The first-order valence-corrected chi connectivity index (χ1v) is 10.2. The van der Waals surface area contributed by atoms with Crippen LogP contribution in [0.2, 0.25) is 0 Å². The van der Waals surface area contributed by atoms with Gasteiger partial charge in [0.2, 0.25) is 5.91 Å². The van der Waals surface area contributed by atoms with E-state index in [1.807, 2.05) is 55.5 Å². The van der Waals surface area contributed by atoms with Gasteiger partial charge in [0.1, 0.15) is 17.2 Å². The van der Waals surface area contributed by atoms with E-state index < -0.39 is 0 Å². The second kappa shape index (κ2) is 10.6. The number of piperidine rings is 1. The van der Waals surface area contributed by atoms with Crippen molar-refractivity contribution in [3.8, 4) is 17.2 Å². The van der Waals surface area contributed by atoms with Crippen molar-refractivity contribution in [2.24, 2.45) is 5.92 Å². The molecular weight excluding hydrogens is 384 g/mol. The van der Waals surface area contributed by atoms with Gasteiger partial charge in [0.05, 0.1) is 26.2 Å². The molecule has 1 saturated heterocycles. The molecule has 0 saturated carbocycles. The first-order chi connectivity index (χ1) is 14.6. The summed E-state index contributed by atoms with van der Waals surface area (Å²) in [7, 11) is 1.41. The number of benzene rings is 2. The zero-order valence-electron chi connectivity index (χ0n) is 17.4. The van der Waals surface area contributed by atoms with E-state index in [0.717, 1.165) is 18.6 Å². The van der Waals surface area contributed by atoms with Gasteiger partial charge in [0.25, 0.3) is 0 Å². The average molecular weight is 412 g/mol. The van der Waals surface area contributed by atoms with Gasteiger partial charge in [-0.15, -0.1) is 0 Å². The Morgan fingerprint density at radius 1 is 0.967 bits per heavy atom. The van der Waals surface area contributed by atoms with Crippen molar-refractivity contribution in [2.75, 3.05) is 38.7 Å². The summed E-state index contributed by atoms with van der Waals surface area (Å²) in [6, 6.07) is 14.7. The monoisotopic (exact) mass is 412 g/mol. The zero-order valence-corrected chi connectivity index (χ0v) is 17.4. The summed E-state index contributed by atoms with van der Waals surface area (Å²) >= 11 is 0. The van der Waals surface area contributed by atoms with E-state index in [1.165, 1.54) is 7.11 Å². The predicted molar refractivity (Wildman–Crippen MR) is 114 cm³/mol. The van der Waals surface area contributed by atoms with E-state index >= 15 is 0 Å². The van der Waals surface area contributed by atoms with Gasteiger partial charge >= 0.3 is 5.97 Å². The Hall–Kier alpha value is -3.06. The van der Waals surface area contributed by atoms with Crippen molar-refractivity contribution in [3.05, 3.63) is 48.5 Å². The number of amides is 1. The molecule has 1 aliphatic heterocycles. The number of carbonyl (C=O) groups excluding carboxylic acids is 2. The van der Waals surface area contributed by atoms with Gasteiger partial charge in [-0.2, -0.15) is 0 Å². The van der Waals surface area contributed by atoms with Gasteiger partial charge < -0.3 is 19.5 Å². The average Bonchev–Trinajstić information content (AvgIpc) is 2.76. The predicted octanol–water partition coefficient (Wildman–Crippen LogP) is 3.70. The summed E-state index contributed by atoms with van der Waals surface area (Å²) < 4.78 is 16.0. The number of esters is 1. The summed E-state index contributed by atoms with van der Waals surface area (Å²) in [4.78, 5) is 26.0. The Labute approximate surface area is 176 Å². The van der Waals surface area contributed by atoms with Crippen LogP contribution in [0.15, 0.2) is 48.5 Å². The number of likely N-dealkylation sites (tertiary alicyclic amines) is 1. The number of anilines is 1. The SMILES string of the molecule is CCOc1ccc(Oc2ccc(NC(=O)CN3CCC(C(=O)OC)CC3)cc2)cc1. The number of ether oxygens (including phenoxy) is 3. The molecule has 1 heterocycles. The van der Waals surface area contributed by atoms with E-state index in [9.17, 15) is 9.59 Å². The van der Waals surface area contributed by atoms with Gasteiger partial charge in [-0.3, -0.25) is 14.5 Å². The fourth-order valence-corrected chi connectivity index (χ4v) is 3.41. The third-order valence-electron chi connectivity index (χ3n) is 5.00. The van der Waals surface area contributed by atoms with Crippen LogP contribution in [0.3, 0.4) is 0 Å². The Balaban J connectivity index is 1.45. The van der Waals surface area contributed by atoms with E-state index in [-0.39, 0.29) is 17.8 Å². The molecule has 0 atom stereocenters. The Morgan fingerprint density at radius 3 is 2.10 bits per heavy atom. The van der Waals surface area contributed by atoms with Crippen LogP contribution in [-0.2, 0) is 14.3 Å². The number of methoxy groups -OCH3 is 1. The van der Waals surface area contributed by atoms with Gasteiger partial charge in [-0.25, -0.2) is 0 Å². The largest absolute Gasteiger partial charge is 0.494 e. The quantitative estimate of drug-likeness (QED) is 0.666. The summed E-state index contributed by atoms with van der Waals surface area (Å²) in [6.07, 6.45) is 1.44. The lowest BCUT2D eigenvalue weighted by Gasteiger charge is -2.29. The normalized spacial score (nSPS) is 14.7. The second-order valence-corrected chi connectivity index (χ2v) is 7.15. The Bertz CT molecular complexity index is 828. The summed E-state index contributed by atoms with van der Waals surface area (Å²) in [5.41, 5.74) is 0.712. The molecule has 1 amide bonds. The van der Waals surface area contributed by atoms with Gasteiger partial charge in [0.15, 0.2) is 0 Å². The van der Waals surface area contributed by atoms with Crippen LogP contribution in [0.5, 0.6) is 17.2 Å². The number of nitrogens with zero attached hydrogens (tertiary/aromatic N) is 1. The highest BCUT2D eigenvalue weighted by molar-refractivity contribution is 5.92. The molecular formula is C23H28N2O5. The minimum Gasteiger partial charge on any atom is -0.494 e. The Kier molecular flexibility index (Phi) is 7.68. The molecule has 160 valence electrons. The van der Waals surface area contributed by atoms with Crippen molar-refractivity contribution in [1.82, 2.24) is 4.90 Å². The number of nitrogens with one attached hydrogen (secondary N) is 1. The second-order valence-electron chi connectivity index (χ2n) is 7.15. The molecule has 0 unspecified atom stereocenters. The molecule has 0 bridgehead atoms. The highest BCUT2D eigenvalue weighted by Gasteiger charge is 2.26. The summed E-state index contributed by atoms with van der Waals surface area (Å²) in [5.74, 6) is 1.90. The van der Waals surface area contributed by atoms with E-state index in [0.29, 0.717) is 43.4 Å². The number of hydrogen-bond donors (Lipinski definition) is 1. The van der Waals surface area contributed by atoms with Crippen molar-refractivity contribution < 1.29 is 23.8 Å². The van der Waals surface area contributed by atoms with Gasteiger partial charge in [-0.1, -0.05) is 0 Å². The van der Waals surface area contributed by atoms with Crippen molar-refractivity contribution in [2.45, 2.75) is 19.8 Å². The zero-order chi connectivity index (χ0) is 21.3. The van der Waals surface area contributed by atoms with Crippen molar-refractivity contribution in [1.29, 1.82) is 0 Å². The van der Waals surface area contributed by atoms with Crippen molar-refractivity contribution in [3.63, 3.8) is 0 Å². The molecule has 1 N–H and O–H groups in total. The fraction of sp³-hybridized carbons (Fsp3) is 0.391. The molecule has 7 nitrogen and oxygen atoms in total. The standard InChI is InChI=1S/C23H28N2O5/c1-3-29-19-8-10-21(11-9-19)30-20-6-4-18(5-7-20)24-22(26)16-25-14-12-17(13-15-25)23(27)28-2/h4-11,17H,3,12-16H2,1-2H3,(H,24,26). The topological polar surface area (TPSA) is 77.1 Å². The molecule has 1 aliphatic rings. The lowest BCUT2D eigenvalue weighted by Crippen LogP contribution is -2.41. The maximum atomic E-state index is 12.3. The molecule has 30 heavy (non-hydrogen) atoms. The third-order valence-corrected chi connectivity index (χ3v) is 5.00. The maximum absolute atomic E-state index is 12.3. The first-order valence-electron chi connectivity index (χ1n) is 10.2.